The fourth-order valence-corrected chi connectivity index (χ4v) is 2.85. The van der Waals surface area contributed by atoms with Crippen LogP contribution in [0.4, 0.5) is 0 Å². The first-order valence-corrected chi connectivity index (χ1v) is 7.64. The second-order valence-corrected chi connectivity index (χ2v) is 5.71. The lowest BCUT2D eigenvalue weighted by atomic mass is 9.98. The molecule has 0 spiro atoms. The number of rotatable bonds is 3. The molecule has 1 aromatic carbocycles. The van der Waals surface area contributed by atoms with Gasteiger partial charge in [0.25, 0.3) is 5.91 Å². The highest BCUT2D eigenvalue weighted by Crippen LogP contribution is 2.33. The number of ether oxygens (including phenoxy) is 2. The zero-order valence-electron chi connectivity index (χ0n) is 13.0. The van der Waals surface area contributed by atoms with Crippen molar-refractivity contribution < 1.29 is 14.3 Å². The Bertz CT molecular complexity index is 731. The molecule has 0 bridgehead atoms. The van der Waals surface area contributed by atoms with Gasteiger partial charge >= 0.3 is 0 Å². The Morgan fingerprint density at radius 3 is 2.48 bits per heavy atom. The van der Waals surface area contributed by atoms with Crippen LogP contribution in [0.5, 0.6) is 11.5 Å². The number of amides is 1. The highest BCUT2D eigenvalue weighted by atomic mass is 35.5. The molecule has 0 radical (unpaired) electrons. The van der Waals surface area contributed by atoms with Gasteiger partial charge in [0.15, 0.2) is 11.5 Å². The van der Waals surface area contributed by atoms with E-state index in [1.165, 1.54) is 11.8 Å². The van der Waals surface area contributed by atoms with E-state index >= 15 is 0 Å². The molecule has 23 heavy (non-hydrogen) atoms. The second kappa shape index (κ2) is 6.46. The first kappa shape index (κ1) is 15.6. The highest BCUT2D eigenvalue weighted by molar-refractivity contribution is 6.29. The lowest BCUT2D eigenvalue weighted by molar-refractivity contribution is 0.0734. The van der Waals surface area contributed by atoms with Crippen LogP contribution in [-0.2, 0) is 13.0 Å². The standard InChI is InChI=1S/C17H17ClN2O3/c1-22-14-7-11-5-6-20(10-13(11)8-15(14)23-2)17(21)12-3-4-16(18)19-9-12/h3-4,7-9H,5-6,10H2,1-2H3. The van der Waals surface area contributed by atoms with Crippen LogP contribution in [0.3, 0.4) is 0 Å². The van der Waals surface area contributed by atoms with Crippen LogP contribution in [0.2, 0.25) is 5.15 Å². The summed E-state index contributed by atoms with van der Waals surface area (Å²) >= 11 is 5.77. The van der Waals surface area contributed by atoms with E-state index in [9.17, 15) is 4.79 Å². The van der Waals surface area contributed by atoms with Crippen molar-refractivity contribution >= 4 is 17.5 Å². The molecule has 0 unspecified atom stereocenters. The van der Waals surface area contributed by atoms with Gasteiger partial charge in [0, 0.05) is 19.3 Å². The number of hydrogen-bond acceptors (Lipinski definition) is 4. The van der Waals surface area contributed by atoms with Crippen molar-refractivity contribution in [3.05, 3.63) is 52.3 Å². The van der Waals surface area contributed by atoms with Crippen molar-refractivity contribution in [1.82, 2.24) is 9.88 Å². The van der Waals surface area contributed by atoms with Crippen LogP contribution in [0.1, 0.15) is 21.5 Å². The Balaban J connectivity index is 1.84. The van der Waals surface area contributed by atoms with Gasteiger partial charge < -0.3 is 14.4 Å². The average molecular weight is 333 g/mol. The molecular formula is C17H17ClN2O3. The molecule has 3 rings (SSSR count). The lowest BCUT2D eigenvalue weighted by Crippen LogP contribution is -2.36. The number of fused-ring (bicyclic) bond motifs is 1. The number of hydrogen-bond donors (Lipinski definition) is 0. The van der Waals surface area contributed by atoms with Gasteiger partial charge in [-0.2, -0.15) is 0 Å². The molecule has 1 aromatic heterocycles. The maximum absolute atomic E-state index is 12.6. The van der Waals surface area contributed by atoms with Gasteiger partial charge in [0.05, 0.1) is 19.8 Å². The maximum atomic E-state index is 12.6. The van der Waals surface area contributed by atoms with E-state index in [0.717, 1.165) is 12.0 Å². The smallest absolute Gasteiger partial charge is 0.255 e. The summed E-state index contributed by atoms with van der Waals surface area (Å²) in [6.07, 6.45) is 2.29. The molecule has 0 aliphatic carbocycles. The van der Waals surface area contributed by atoms with Crippen molar-refractivity contribution in [2.45, 2.75) is 13.0 Å². The molecular weight excluding hydrogens is 316 g/mol. The Labute approximate surface area is 139 Å². The number of aromatic nitrogens is 1. The number of benzene rings is 1. The largest absolute Gasteiger partial charge is 0.493 e. The summed E-state index contributed by atoms with van der Waals surface area (Å²) in [5.41, 5.74) is 2.79. The Morgan fingerprint density at radius 1 is 1.17 bits per heavy atom. The molecule has 0 N–H and O–H groups in total. The minimum atomic E-state index is -0.0467. The average Bonchev–Trinajstić information content (AvgIpc) is 2.60. The fourth-order valence-electron chi connectivity index (χ4n) is 2.74. The third-order valence-electron chi connectivity index (χ3n) is 3.98. The summed E-state index contributed by atoms with van der Waals surface area (Å²) in [7, 11) is 3.23. The van der Waals surface area contributed by atoms with E-state index in [0.29, 0.717) is 35.3 Å². The number of halogens is 1. The normalized spacial score (nSPS) is 13.4. The van der Waals surface area contributed by atoms with Crippen molar-refractivity contribution in [2.24, 2.45) is 0 Å². The molecule has 0 fully saturated rings. The van der Waals surface area contributed by atoms with Crippen LogP contribution in [0.25, 0.3) is 0 Å². The summed E-state index contributed by atoms with van der Waals surface area (Å²) in [6, 6.07) is 7.25. The summed E-state index contributed by atoms with van der Waals surface area (Å²) in [5, 5.41) is 0.377. The Kier molecular flexibility index (Phi) is 4.39. The van der Waals surface area contributed by atoms with Gasteiger partial charge in [0.2, 0.25) is 0 Å². The van der Waals surface area contributed by atoms with Gasteiger partial charge in [-0.05, 0) is 41.8 Å². The van der Waals surface area contributed by atoms with Crippen molar-refractivity contribution in [3.63, 3.8) is 0 Å². The minimum absolute atomic E-state index is 0.0467. The van der Waals surface area contributed by atoms with E-state index < -0.39 is 0 Å². The molecule has 5 nitrogen and oxygen atoms in total. The summed E-state index contributed by atoms with van der Waals surface area (Å²) in [5.74, 6) is 1.34. The predicted molar refractivity (Wildman–Crippen MR) is 87.2 cm³/mol. The van der Waals surface area contributed by atoms with E-state index in [1.54, 1.807) is 31.3 Å². The molecule has 1 amide bonds. The Morgan fingerprint density at radius 2 is 1.87 bits per heavy atom. The number of methoxy groups -OCH3 is 2. The monoisotopic (exact) mass is 332 g/mol. The molecule has 2 heterocycles. The maximum Gasteiger partial charge on any atom is 0.255 e. The van der Waals surface area contributed by atoms with Crippen LogP contribution in [-0.4, -0.2) is 36.6 Å². The van der Waals surface area contributed by atoms with Crippen molar-refractivity contribution in [2.75, 3.05) is 20.8 Å². The zero-order chi connectivity index (χ0) is 16.4. The van der Waals surface area contributed by atoms with E-state index in [2.05, 4.69) is 4.98 Å². The third-order valence-corrected chi connectivity index (χ3v) is 4.20. The summed E-state index contributed by atoms with van der Waals surface area (Å²) in [6.45, 7) is 1.20. The predicted octanol–water partition coefficient (Wildman–Crippen LogP) is 2.95. The molecule has 0 saturated carbocycles. The molecule has 1 aliphatic rings. The minimum Gasteiger partial charge on any atom is -0.493 e. The molecule has 0 atom stereocenters. The van der Waals surface area contributed by atoms with Crippen LogP contribution in [0.15, 0.2) is 30.5 Å². The SMILES string of the molecule is COc1cc2c(cc1OC)CN(C(=O)c1ccc(Cl)nc1)CC2. The molecule has 0 saturated heterocycles. The number of nitrogens with zero attached hydrogens (tertiary/aromatic N) is 2. The molecule has 1 aliphatic heterocycles. The lowest BCUT2D eigenvalue weighted by Gasteiger charge is -2.29. The van der Waals surface area contributed by atoms with Gasteiger partial charge in [0.1, 0.15) is 5.15 Å². The van der Waals surface area contributed by atoms with Crippen molar-refractivity contribution in [3.8, 4) is 11.5 Å². The van der Waals surface area contributed by atoms with E-state index in [1.807, 2.05) is 12.1 Å². The fraction of sp³-hybridized carbons (Fsp3) is 0.294. The highest BCUT2D eigenvalue weighted by Gasteiger charge is 2.23. The number of carbonyl (C=O) groups excluding carboxylic acids is 1. The molecule has 6 heteroatoms. The summed E-state index contributed by atoms with van der Waals surface area (Å²) < 4.78 is 10.7. The first-order chi connectivity index (χ1) is 11.1. The van der Waals surface area contributed by atoms with E-state index in [4.69, 9.17) is 21.1 Å². The second-order valence-electron chi connectivity index (χ2n) is 5.32. The number of pyridine rings is 1. The zero-order valence-corrected chi connectivity index (χ0v) is 13.8. The topological polar surface area (TPSA) is 51.7 Å². The molecule has 2 aromatic rings. The van der Waals surface area contributed by atoms with Gasteiger partial charge in [-0.15, -0.1) is 0 Å². The van der Waals surface area contributed by atoms with Gasteiger partial charge in [-0.1, -0.05) is 11.6 Å². The van der Waals surface area contributed by atoms with Crippen LogP contribution >= 0.6 is 11.6 Å². The third kappa shape index (κ3) is 3.10. The molecule has 120 valence electrons. The number of carbonyl (C=O) groups is 1. The summed E-state index contributed by atoms with van der Waals surface area (Å²) in [4.78, 5) is 18.4. The first-order valence-electron chi connectivity index (χ1n) is 7.27. The van der Waals surface area contributed by atoms with Gasteiger partial charge in [-0.3, -0.25) is 4.79 Å². The van der Waals surface area contributed by atoms with Crippen molar-refractivity contribution in [1.29, 1.82) is 0 Å². The van der Waals surface area contributed by atoms with Gasteiger partial charge in [-0.25, -0.2) is 4.98 Å². The van der Waals surface area contributed by atoms with Crippen LogP contribution < -0.4 is 9.47 Å². The van der Waals surface area contributed by atoms with Crippen LogP contribution in [0, 0.1) is 0 Å². The quantitative estimate of drug-likeness (QED) is 0.811. The van der Waals surface area contributed by atoms with E-state index in [-0.39, 0.29) is 5.91 Å². The Hall–Kier alpha value is -2.27.